The summed E-state index contributed by atoms with van der Waals surface area (Å²) in [5.41, 5.74) is 1.64. The van der Waals surface area contributed by atoms with Crippen LogP contribution in [0.15, 0.2) is 72.5 Å². The minimum absolute atomic E-state index is 0.0209. The Bertz CT molecular complexity index is 1120. The van der Waals surface area contributed by atoms with Crippen LogP contribution in [0.25, 0.3) is 6.08 Å². The second kappa shape index (κ2) is 8.87. The van der Waals surface area contributed by atoms with Crippen molar-refractivity contribution < 1.29 is 32.5 Å². The molecule has 0 aromatic heterocycles. The van der Waals surface area contributed by atoms with Gasteiger partial charge in [0, 0.05) is 11.6 Å². The molecule has 0 bridgehead atoms. The van der Waals surface area contributed by atoms with E-state index in [1.807, 2.05) is 24.3 Å². The first-order valence-corrected chi connectivity index (χ1v) is 9.41. The number of fused-ring (bicyclic) bond motifs is 1. The van der Waals surface area contributed by atoms with E-state index in [1.165, 1.54) is 12.1 Å². The number of ketones is 1. The Kier molecular flexibility index (Phi) is 5.84. The van der Waals surface area contributed by atoms with Gasteiger partial charge in [-0.3, -0.25) is 4.79 Å². The molecule has 0 fully saturated rings. The Balaban J connectivity index is 1.50. The fourth-order valence-corrected chi connectivity index (χ4v) is 3.09. The van der Waals surface area contributed by atoms with Crippen molar-refractivity contribution >= 4 is 11.9 Å². The van der Waals surface area contributed by atoms with E-state index in [9.17, 15) is 13.6 Å². The zero-order valence-corrected chi connectivity index (χ0v) is 16.5. The van der Waals surface area contributed by atoms with Crippen molar-refractivity contribution in [2.24, 2.45) is 0 Å². The number of benzene rings is 3. The number of carbonyl (C=O) groups is 1. The maximum Gasteiger partial charge on any atom is 0.387 e. The van der Waals surface area contributed by atoms with E-state index >= 15 is 0 Å². The minimum atomic E-state index is -2.97. The van der Waals surface area contributed by atoms with E-state index in [2.05, 4.69) is 4.74 Å². The molecule has 0 spiro atoms. The first-order chi connectivity index (χ1) is 15.0. The van der Waals surface area contributed by atoms with Crippen molar-refractivity contribution in [3.8, 4) is 23.0 Å². The summed E-state index contributed by atoms with van der Waals surface area (Å²) < 4.78 is 46.3. The molecule has 0 radical (unpaired) electrons. The van der Waals surface area contributed by atoms with Crippen molar-refractivity contribution in [1.82, 2.24) is 0 Å². The van der Waals surface area contributed by atoms with Crippen molar-refractivity contribution in [2.75, 3.05) is 7.11 Å². The molecule has 0 amide bonds. The van der Waals surface area contributed by atoms with Gasteiger partial charge in [-0.2, -0.15) is 8.78 Å². The summed E-state index contributed by atoms with van der Waals surface area (Å²) in [6.07, 6.45) is 1.39. The van der Waals surface area contributed by atoms with Crippen LogP contribution in [-0.4, -0.2) is 19.5 Å². The molecule has 3 aromatic carbocycles. The summed E-state index contributed by atoms with van der Waals surface area (Å²) >= 11 is 0. The van der Waals surface area contributed by atoms with E-state index in [0.29, 0.717) is 29.2 Å². The van der Waals surface area contributed by atoms with E-state index in [0.717, 1.165) is 11.3 Å². The van der Waals surface area contributed by atoms with Crippen molar-refractivity contribution in [2.45, 2.75) is 13.2 Å². The summed E-state index contributed by atoms with van der Waals surface area (Å²) in [5.74, 6) is 1.27. The average Bonchev–Trinajstić information content (AvgIpc) is 3.08. The number of halogens is 2. The molecule has 0 saturated heterocycles. The van der Waals surface area contributed by atoms with Crippen molar-refractivity contribution in [3.63, 3.8) is 0 Å². The van der Waals surface area contributed by atoms with Gasteiger partial charge in [-0.15, -0.1) is 0 Å². The standard InChI is InChI=1S/C24H18F2O5/c1-28-17-8-6-15(7-9-17)14-29-18-10-11-19-21(13-18)30-22(23(19)27)12-16-4-2-3-5-20(16)31-24(25)26/h2-13,24H,14H2,1H3/b22-12-. The smallest absolute Gasteiger partial charge is 0.387 e. The molecular formula is C24H18F2O5. The lowest BCUT2D eigenvalue weighted by molar-refractivity contribution is -0.0499. The van der Waals surface area contributed by atoms with E-state index in [4.69, 9.17) is 14.2 Å². The lowest BCUT2D eigenvalue weighted by Crippen LogP contribution is -2.04. The Hall–Kier alpha value is -3.87. The number of Topliss-reactive ketones (excluding diaryl/α,β-unsaturated/α-hetero) is 1. The number of rotatable bonds is 7. The largest absolute Gasteiger partial charge is 0.497 e. The predicted molar refractivity (Wildman–Crippen MR) is 110 cm³/mol. The third-order valence-corrected chi connectivity index (χ3v) is 4.63. The fraction of sp³-hybridized carbons (Fsp3) is 0.125. The van der Waals surface area contributed by atoms with Gasteiger partial charge in [-0.05, 0) is 42.0 Å². The van der Waals surface area contributed by atoms with E-state index in [1.54, 1.807) is 43.5 Å². The first kappa shape index (κ1) is 20.4. The molecule has 5 nitrogen and oxygen atoms in total. The van der Waals surface area contributed by atoms with E-state index < -0.39 is 6.61 Å². The molecule has 3 aromatic rings. The van der Waals surface area contributed by atoms with Gasteiger partial charge in [-0.25, -0.2) is 0 Å². The van der Waals surface area contributed by atoms with Gasteiger partial charge in [0.05, 0.1) is 12.7 Å². The molecule has 158 valence electrons. The highest BCUT2D eigenvalue weighted by molar-refractivity contribution is 6.14. The lowest BCUT2D eigenvalue weighted by Gasteiger charge is -2.08. The summed E-state index contributed by atoms with van der Waals surface area (Å²) in [5, 5.41) is 0. The van der Waals surface area contributed by atoms with Gasteiger partial charge in [-0.1, -0.05) is 30.3 Å². The summed E-state index contributed by atoms with van der Waals surface area (Å²) in [6, 6.07) is 18.6. The highest BCUT2D eigenvalue weighted by atomic mass is 19.3. The number of para-hydroxylation sites is 1. The van der Waals surface area contributed by atoms with Crippen LogP contribution < -0.4 is 18.9 Å². The van der Waals surface area contributed by atoms with Gasteiger partial charge in [0.15, 0.2) is 5.76 Å². The number of alkyl halides is 2. The van der Waals surface area contributed by atoms with Gasteiger partial charge < -0.3 is 18.9 Å². The van der Waals surface area contributed by atoms with Gasteiger partial charge in [0.1, 0.15) is 29.6 Å². The number of methoxy groups -OCH3 is 1. The topological polar surface area (TPSA) is 54.0 Å². The summed E-state index contributed by atoms with van der Waals surface area (Å²) in [4.78, 5) is 12.7. The quantitative estimate of drug-likeness (QED) is 0.470. The number of hydrogen-bond acceptors (Lipinski definition) is 5. The normalized spacial score (nSPS) is 13.8. The molecule has 0 aliphatic carbocycles. The zero-order chi connectivity index (χ0) is 21.8. The first-order valence-electron chi connectivity index (χ1n) is 9.41. The van der Waals surface area contributed by atoms with Crippen LogP contribution in [0.4, 0.5) is 8.78 Å². The fourth-order valence-electron chi connectivity index (χ4n) is 3.09. The third kappa shape index (κ3) is 4.66. The Morgan fingerprint density at radius 1 is 1.00 bits per heavy atom. The zero-order valence-electron chi connectivity index (χ0n) is 16.5. The van der Waals surface area contributed by atoms with Crippen molar-refractivity contribution in [1.29, 1.82) is 0 Å². The van der Waals surface area contributed by atoms with Crippen LogP contribution in [0.2, 0.25) is 0 Å². The Labute approximate surface area is 177 Å². The highest BCUT2D eigenvalue weighted by Gasteiger charge is 2.28. The Morgan fingerprint density at radius 3 is 2.48 bits per heavy atom. The van der Waals surface area contributed by atoms with Gasteiger partial charge in [0.2, 0.25) is 5.78 Å². The Morgan fingerprint density at radius 2 is 1.74 bits per heavy atom. The molecule has 4 rings (SSSR count). The molecule has 7 heteroatoms. The van der Waals surface area contributed by atoms with Crippen LogP contribution in [0, 0.1) is 0 Å². The molecule has 31 heavy (non-hydrogen) atoms. The SMILES string of the molecule is COc1ccc(COc2ccc3c(c2)O/C(=C\c2ccccc2OC(F)F)C3=O)cc1. The molecule has 0 saturated carbocycles. The molecule has 0 N–H and O–H groups in total. The van der Waals surface area contributed by atoms with Crippen molar-refractivity contribution in [3.05, 3.63) is 89.2 Å². The number of hydrogen-bond donors (Lipinski definition) is 0. The maximum atomic E-state index is 12.7. The van der Waals surface area contributed by atoms with Crippen LogP contribution in [0.3, 0.4) is 0 Å². The molecular weight excluding hydrogens is 406 g/mol. The van der Waals surface area contributed by atoms with Gasteiger partial charge in [0.25, 0.3) is 0 Å². The molecule has 1 aliphatic rings. The van der Waals surface area contributed by atoms with Crippen LogP contribution in [-0.2, 0) is 6.61 Å². The highest BCUT2D eigenvalue weighted by Crippen LogP contribution is 2.36. The molecule has 0 unspecified atom stereocenters. The molecule has 0 atom stereocenters. The number of allylic oxidation sites excluding steroid dienone is 1. The average molecular weight is 424 g/mol. The van der Waals surface area contributed by atoms with Crippen LogP contribution in [0.5, 0.6) is 23.0 Å². The van der Waals surface area contributed by atoms with Gasteiger partial charge >= 0.3 is 6.61 Å². The number of ether oxygens (including phenoxy) is 4. The van der Waals surface area contributed by atoms with E-state index in [-0.39, 0.29) is 17.3 Å². The lowest BCUT2D eigenvalue weighted by atomic mass is 10.1. The summed E-state index contributed by atoms with van der Waals surface area (Å²) in [7, 11) is 1.60. The second-order valence-electron chi connectivity index (χ2n) is 6.65. The second-order valence-corrected chi connectivity index (χ2v) is 6.65. The summed E-state index contributed by atoms with van der Waals surface area (Å²) in [6.45, 7) is -2.64. The predicted octanol–water partition coefficient (Wildman–Crippen LogP) is 5.49. The number of carbonyl (C=O) groups excluding carboxylic acids is 1. The minimum Gasteiger partial charge on any atom is -0.497 e. The molecule has 1 heterocycles. The maximum absolute atomic E-state index is 12.7. The monoisotopic (exact) mass is 424 g/mol. The van der Waals surface area contributed by atoms with Crippen LogP contribution in [0.1, 0.15) is 21.5 Å². The molecule has 1 aliphatic heterocycles. The third-order valence-electron chi connectivity index (χ3n) is 4.63. The van der Waals surface area contributed by atoms with Crippen LogP contribution >= 0.6 is 0 Å².